The normalized spacial score (nSPS) is 33.1. The molecule has 1 aromatic carbocycles. The van der Waals surface area contributed by atoms with Gasteiger partial charge in [0.25, 0.3) is 0 Å². The van der Waals surface area contributed by atoms with E-state index >= 15 is 0 Å². The molecule has 0 saturated heterocycles. The molecule has 3 atom stereocenters. The number of hydrogen-bond donors (Lipinski definition) is 2. The summed E-state index contributed by atoms with van der Waals surface area (Å²) in [6.45, 7) is 9.00. The molecule has 0 spiro atoms. The van der Waals surface area contributed by atoms with Gasteiger partial charge in [-0.3, -0.25) is 0 Å². The van der Waals surface area contributed by atoms with Crippen molar-refractivity contribution in [2.45, 2.75) is 53.0 Å². The highest BCUT2D eigenvalue weighted by Gasteiger charge is 2.59. The zero-order valence-corrected chi connectivity index (χ0v) is 13.4. The van der Waals surface area contributed by atoms with Gasteiger partial charge in [0.05, 0.1) is 5.56 Å². The lowest BCUT2D eigenvalue weighted by molar-refractivity contribution is 0.0696. The summed E-state index contributed by atoms with van der Waals surface area (Å²) in [5, 5.41) is 13.0. The average Bonchev–Trinajstić information content (AvgIpc) is 2.87. The monoisotopic (exact) mass is 287 g/mol. The van der Waals surface area contributed by atoms with E-state index < -0.39 is 5.97 Å². The molecule has 0 heterocycles. The van der Waals surface area contributed by atoms with Crippen LogP contribution in [0.4, 0.5) is 5.69 Å². The number of anilines is 1. The number of nitrogens with one attached hydrogen (secondary N) is 1. The van der Waals surface area contributed by atoms with E-state index in [4.69, 9.17) is 0 Å². The Hall–Kier alpha value is -1.51. The molecular formula is C18H25NO2. The summed E-state index contributed by atoms with van der Waals surface area (Å²) in [5.41, 5.74) is 2.80. The number of fused-ring (bicyclic) bond motifs is 2. The molecule has 2 aliphatic carbocycles. The van der Waals surface area contributed by atoms with Crippen molar-refractivity contribution in [3.8, 4) is 0 Å². The second-order valence-corrected chi connectivity index (χ2v) is 7.78. The van der Waals surface area contributed by atoms with Gasteiger partial charge in [-0.2, -0.15) is 0 Å². The quantitative estimate of drug-likeness (QED) is 0.870. The minimum absolute atomic E-state index is 0.263. The molecule has 0 amide bonds. The van der Waals surface area contributed by atoms with E-state index in [1.54, 1.807) is 6.07 Å². The lowest BCUT2D eigenvalue weighted by atomic mass is 9.68. The Labute approximate surface area is 126 Å². The number of carboxylic acids is 1. The SMILES string of the molecule is Cc1c(NC2C3(C)CCC(C3)C2(C)C)cccc1C(=O)O. The molecule has 0 radical (unpaired) electrons. The molecule has 3 unspecified atom stereocenters. The molecule has 0 aromatic heterocycles. The Balaban J connectivity index is 1.94. The third kappa shape index (κ3) is 2.05. The number of carbonyl (C=O) groups is 1. The zero-order chi connectivity index (χ0) is 15.4. The van der Waals surface area contributed by atoms with Gasteiger partial charge in [0.15, 0.2) is 0 Å². The maximum atomic E-state index is 11.3. The van der Waals surface area contributed by atoms with Gasteiger partial charge >= 0.3 is 5.97 Å². The van der Waals surface area contributed by atoms with Crippen molar-refractivity contribution >= 4 is 11.7 Å². The number of rotatable bonds is 3. The van der Waals surface area contributed by atoms with E-state index in [0.717, 1.165) is 17.2 Å². The van der Waals surface area contributed by atoms with Gasteiger partial charge in [-0.05, 0) is 60.6 Å². The number of hydrogen-bond acceptors (Lipinski definition) is 2. The van der Waals surface area contributed by atoms with E-state index in [2.05, 4.69) is 26.1 Å². The van der Waals surface area contributed by atoms with E-state index in [1.165, 1.54) is 19.3 Å². The van der Waals surface area contributed by atoms with Crippen LogP contribution >= 0.6 is 0 Å². The Morgan fingerprint density at radius 3 is 2.62 bits per heavy atom. The number of carboxylic acid groups (broad SMARTS) is 1. The van der Waals surface area contributed by atoms with Crippen LogP contribution in [0.3, 0.4) is 0 Å². The highest BCUT2D eigenvalue weighted by Crippen LogP contribution is 2.63. The lowest BCUT2D eigenvalue weighted by Crippen LogP contribution is -2.45. The van der Waals surface area contributed by atoms with Crippen LogP contribution in [0.1, 0.15) is 56.0 Å². The van der Waals surface area contributed by atoms with E-state index in [1.807, 2.05) is 19.1 Å². The van der Waals surface area contributed by atoms with Crippen LogP contribution in [0.2, 0.25) is 0 Å². The maximum absolute atomic E-state index is 11.3. The Morgan fingerprint density at radius 2 is 2.05 bits per heavy atom. The van der Waals surface area contributed by atoms with Gasteiger partial charge in [-0.15, -0.1) is 0 Å². The van der Waals surface area contributed by atoms with Crippen LogP contribution in [0.15, 0.2) is 18.2 Å². The van der Waals surface area contributed by atoms with Gasteiger partial charge in [0, 0.05) is 11.7 Å². The van der Waals surface area contributed by atoms with Crippen LogP contribution in [-0.4, -0.2) is 17.1 Å². The summed E-state index contributed by atoms with van der Waals surface area (Å²) < 4.78 is 0. The molecule has 2 aliphatic rings. The predicted molar refractivity (Wildman–Crippen MR) is 84.8 cm³/mol. The highest BCUT2D eigenvalue weighted by atomic mass is 16.4. The summed E-state index contributed by atoms with van der Waals surface area (Å²) in [6.07, 6.45) is 3.89. The first-order valence-corrected chi connectivity index (χ1v) is 7.85. The standard InChI is InChI=1S/C18H25NO2/c1-11-13(15(20)21)6-5-7-14(11)19-16-17(2,3)12-8-9-18(16,4)10-12/h5-7,12,16,19H,8-10H2,1-4H3,(H,20,21). The van der Waals surface area contributed by atoms with E-state index in [-0.39, 0.29) is 5.41 Å². The molecule has 2 bridgehead atoms. The minimum atomic E-state index is -0.852. The van der Waals surface area contributed by atoms with Crippen molar-refractivity contribution < 1.29 is 9.90 Å². The molecule has 3 heteroatoms. The fraction of sp³-hybridized carbons (Fsp3) is 0.611. The van der Waals surface area contributed by atoms with Crippen LogP contribution in [-0.2, 0) is 0 Å². The van der Waals surface area contributed by atoms with Crippen molar-refractivity contribution in [3.63, 3.8) is 0 Å². The van der Waals surface area contributed by atoms with Crippen molar-refractivity contribution in [1.82, 2.24) is 0 Å². The van der Waals surface area contributed by atoms with Gasteiger partial charge in [-0.1, -0.05) is 26.8 Å². The van der Waals surface area contributed by atoms with Crippen LogP contribution in [0.25, 0.3) is 0 Å². The fourth-order valence-electron chi connectivity index (χ4n) is 4.84. The summed E-state index contributed by atoms with van der Waals surface area (Å²) in [7, 11) is 0. The topological polar surface area (TPSA) is 49.3 Å². The zero-order valence-electron chi connectivity index (χ0n) is 13.4. The van der Waals surface area contributed by atoms with Crippen LogP contribution in [0, 0.1) is 23.7 Å². The van der Waals surface area contributed by atoms with Crippen molar-refractivity contribution in [1.29, 1.82) is 0 Å². The Morgan fingerprint density at radius 1 is 1.33 bits per heavy atom. The molecule has 3 nitrogen and oxygen atoms in total. The van der Waals surface area contributed by atoms with Crippen LogP contribution < -0.4 is 5.32 Å². The predicted octanol–water partition coefficient (Wildman–Crippen LogP) is 4.32. The minimum Gasteiger partial charge on any atom is -0.478 e. The van der Waals surface area contributed by atoms with E-state index in [9.17, 15) is 9.90 Å². The smallest absolute Gasteiger partial charge is 0.336 e. The Kier molecular flexibility index (Phi) is 3.09. The first-order valence-electron chi connectivity index (χ1n) is 7.85. The maximum Gasteiger partial charge on any atom is 0.336 e. The van der Waals surface area contributed by atoms with Gasteiger partial charge in [0.1, 0.15) is 0 Å². The van der Waals surface area contributed by atoms with Crippen molar-refractivity contribution in [2.75, 3.05) is 5.32 Å². The summed E-state index contributed by atoms with van der Waals surface area (Å²) in [6, 6.07) is 5.93. The second kappa shape index (κ2) is 4.49. The van der Waals surface area contributed by atoms with Crippen molar-refractivity contribution in [3.05, 3.63) is 29.3 Å². The Bertz CT molecular complexity index is 588. The number of aromatic carboxylic acids is 1. The molecule has 1 aromatic rings. The van der Waals surface area contributed by atoms with Crippen LogP contribution in [0.5, 0.6) is 0 Å². The average molecular weight is 287 g/mol. The largest absolute Gasteiger partial charge is 0.478 e. The van der Waals surface area contributed by atoms with E-state index in [0.29, 0.717) is 17.0 Å². The molecular weight excluding hydrogens is 262 g/mol. The molecule has 114 valence electrons. The third-order valence-electron chi connectivity index (χ3n) is 6.13. The van der Waals surface area contributed by atoms with Gasteiger partial charge in [0.2, 0.25) is 0 Å². The molecule has 2 saturated carbocycles. The summed E-state index contributed by atoms with van der Waals surface area (Å²) in [4.78, 5) is 11.3. The summed E-state index contributed by atoms with van der Waals surface area (Å²) >= 11 is 0. The molecule has 0 aliphatic heterocycles. The first kappa shape index (κ1) is 14.4. The van der Waals surface area contributed by atoms with Crippen molar-refractivity contribution in [2.24, 2.45) is 16.7 Å². The molecule has 21 heavy (non-hydrogen) atoms. The highest BCUT2D eigenvalue weighted by molar-refractivity contribution is 5.91. The number of benzene rings is 1. The third-order valence-corrected chi connectivity index (χ3v) is 6.13. The first-order chi connectivity index (χ1) is 9.75. The molecule has 2 N–H and O–H groups in total. The van der Waals surface area contributed by atoms with Gasteiger partial charge < -0.3 is 10.4 Å². The molecule has 3 rings (SSSR count). The summed E-state index contributed by atoms with van der Waals surface area (Å²) in [5.74, 6) is -0.0717. The van der Waals surface area contributed by atoms with Gasteiger partial charge in [-0.25, -0.2) is 4.79 Å². The second-order valence-electron chi connectivity index (χ2n) is 7.78. The lowest BCUT2D eigenvalue weighted by Gasteiger charge is -2.44. The fourth-order valence-corrected chi connectivity index (χ4v) is 4.84. The molecule has 2 fully saturated rings.